The van der Waals surface area contributed by atoms with Gasteiger partial charge in [-0.25, -0.2) is 9.37 Å². The van der Waals surface area contributed by atoms with Crippen molar-refractivity contribution < 1.29 is 9.18 Å². The van der Waals surface area contributed by atoms with E-state index in [1.807, 2.05) is 18.2 Å². The summed E-state index contributed by atoms with van der Waals surface area (Å²) < 4.78 is 16.5. The minimum absolute atomic E-state index is 0.145. The largest absolute Gasteiger partial charge is 0.337 e. The number of carbonyl (C=O) groups is 1. The number of imidazole rings is 1. The van der Waals surface area contributed by atoms with E-state index < -0.39 is 6.17 Å². The smallest absolute Gasteiger partial charge is 0.295 e. The summed E-state index contributed by atoms with van der Waals surface area (Å²) in [7, 11) is 0. The molecule has 3 heterocycles. The minimum Gasteiger partial charge on any atom is -0.337 e. The fourth-order valence-electron chi connectivity index (χ4n) is 3.59. The Morgan fingerprint density at radius 1 is 1.28 bits per heavy atom. The van der Waals surface area contributed by atoms with Crippen LogP contribution < -0.4 is 5.56 Å². The number of hydrogen-bond acceptors (Lipinski definition) is 3. The van der Waals surface area contributed by atoms with E-state index in [4.69, 9.17) is 11.6 Å². The number of nitrogens with zero attached hydrogens (tertiary/aromatic N) is 4. The molecule has 1 saturated heterocycles. The van der Waals surface area contributed by atoms with Crippen LogP contribution in [0.1, 0.15) is 23.3 Å². The molecule has 8 heteroatoms. The van der Waals surface area contributed by atoms with E-state index in [2.05, 4.69) is 11.6 Å². The fourth-order valence-corrected chi connectivity index (χ4v) is 3.82. The van der Waals surface area contributed by atoms with E-state index in [0.717, 1.165) is 0 Å². The Kier molecular flexibility index (Phi) is 5.24. The number of aromatic nitrogens is 3. The molecule has 1 aliphatic heterocycles. The molecule has 1 aromatic carbocycles. The number of likely N-dealkylation sites (tertiary alicyclic amines) is 1. The molecule has 0 spiro atoms. The minimum atomic E-state index is -0.871. The summed E-state index contributed by atoms with van der Waals surface area (Å²) in [6.45, 7) is 4.69. The Morgan fingerprint density at radius 2 is 2.00 bits per heavy atom. The summed E-state index contributed by atoms with van der Waals surface area (Å²) in [4.78, 5) is 31.7. The van der Waals surface area contributed by atoms with Crippen molar-refractivity contribution in [3.8, 4) is 11.3 Å². The average molecular weight is 415 g/mol. The molecule has 4 rings (SSSR count). The van der Waals surface area contributed by atoms with E-state index in [1.54, 1.807) is 33.8 Å². The van der Waals surface area contributed by atoms with Gasteiger partial charge < -0.3 is 4.90 Å². The van der Waals surface area contributed by atoms with Gasteiger partial charge in [-0.1, -0.05) is 35.9 Å². The summed E-state index contributed by atoms with van der Waals surface area (Å²) in [5.41, 5.74) is 1.26. The van der Waals surface area contributed by atoms with Crippen LogP contribution in [0.5, 0.6) is 0 Å². The van der Waals surface area contributed by atoms with Crippen LogP contribution in [0, 0.1) is 0 Å². The summed E-state index contributed by atoms with van der Waals surface area (Å²) in [6.07, 6.45) is 4.67. The number of hydrogen-bond donors (Lipinski definition) is 0. The summed E-state index contributed by atoms with van der Waals surface area (Å²) in [6, 6.07) is 7.23. The van der Waals surface area contributed by atoms with Gasteiger partial charge in [0.15, 0.2) is 0 Å². The Hall–Kier alpha value is -2.93. The van der Waals surface area contributed by atoms with Crippen LogP contribution in [0.4, 0.5) is 4.39 Å². The third kappa shape index (κ3) is 3.58. The number of benzene rings is 1. The van der Waals surface area contributed by atoms with Gasteiger partial charge in [0.1, 0.15) is 11.9 Å². The van der Waals surface area contributed by atoms with Crippen molar-refractivity contribution in [3.05, 3.63) is 70.4 Å². The molecule has 0 bridgehead atoms. The molecular weight excluding hydrogens is 395 g/mol. The number of allylic oxidation sites excluding steroid dienone is 1. The third-order valence-electron chi connectivity index (χ3n) is 5.11. The van der Waals surface area contributed by atoms with E-state index in [9.17, 15) is 14.0 Å². The lowest BCUT2D eigenvalue weighted by atomic mass is 10.1. The zero-order chi connectivity index (χ0) is 20.5. The molecule has 1 aliphatic rings. The molecule has 0 N–H and O–H groups in total. The average Bonchev–Trinajstić information content (AvgIpc) is 3.15. The van der Waals surface area contributed by atoms with Crippen molar-refractivity contribution in [1.82, 2.24) is 18.9 Å². The monoisotopic (exact) mass is 414 g/mol. The topological polar surface area (TPSA) is 59.6 Å². The van der Waals surface area contributed by atoms with E-state index in [-0.39, 0.29) is 29.4 Å². The van der Waals surface area contributed by atoms with Crippen molar-refractivity contribution in [3.63, 3.8) is 0 Å². The number of halogens is 2. The van der Waals surface area contributed by atoms with E-state index >= 15 is 0 Å². The van der Waals surface area contributed by atoms with Gasteiger partial charge in [0, 0.05) is 42.6 Å². The standard InChI is InChI=1S/C21H20ClFN4O2/c1-2-9-27-18(15-5-3-4-6-16(15)22)13-26-12-17(24-19(26)21(27)29)20(28)25-10-7-14(23)8-11-25/h2-6,12-14H,1,7-11H2. The lowest BCUT2D eigenvalue weighted by Crippen LogP contribution is -2.39. The lowest BCUT2D eigenvalue weighted by molar-refractivity contribution is 0.0662. The highest BCUT2D eigenvalue weighted by molar-refractivity contribution is 6.33. The highest BCUT2D eigenvalue weighted by Crippen LogP contribution is 2.27. The molecule has 0 aliphatic carbocycles. The molecule has 29 heavy (non-hydrogen) atoms. The van der Waals surface area contributed by atoms with Crippen LogP contribution in [0.2, 0.25) is 5.02 Å². The third-order valence-corrected chi connectivity index (χ3v) is 5.44. The van der Waals surface area contributed by atoms with Crippen LogP contribution >= 0.6 is 11.6 Å². The van der Waals surface area contributed by atoms with Gasteiger partial charge in [-0.3, -0.25) is 18.6 Å². The summed E-state index contributed by atoms with van der Waals surface area (Å²) in [5.74, 6) is -0.297. The number of carbonyl (C=O) groups excluding carboxylic acids is 1. The zero-order valence-electron chi connectivity index (χ0n) is 15.7. The Balaban J connectivity index is 1.82. The van der Waals surface area contributed by atoms with Crippen molar-refractivity contribution in [2.75, 3.05) is 13.1 Å². The van der Waals surface area contributed by atoms with E-state index in [1.165, 1.54) is 4.57 Å². The van der Waals surface area contributed by atoms with Crippen molar-refractivity contribution in [2.24, 2.45) is 0 Å². The second-order valence-electron chi connectivity index (χ2n) is 7.02. The predicted molar refractivity (Wildman–Crippen MR) is 110 cm³/mol. The number of piperidine rings is 1. The molecule has 0 atom stereocenters. The van der Waals surface area contributed by atoms with Gasteiger partial charge in [-0.2, -0.15) is 0 Å². The highest BCUT2D eigenvalue weighted by atomic mass is 35.5. The maximum Gasteiger partial charge on any atom is 0.295 e. The Bertz CT molecular complexity index is 1150. The van der Waals surface area contributed by atoms with Crippen LogP contribution in [0.15, 0.2) is 54.1 Å². The number of amides is 1. The maximum absolute atomic E-state index is 13.4. The normalized spacial score (nSPS) is 15.0. The predicted octanol–water partition coefficient (Wildman–Crippen LogP) is 3.58. The fraction of sp³-hybridized carbons (Fsp3) is 0.286. The second kappa shape index (κ2) is 7.83. The first-order chi connectivity index (χ1) is 14.0. The van der Waals surface area contributed by atoms with Gasteiger partial charge in [0.25, 0.3) is 11.5 Å². The SMILES string of the molecule is C=CCn1c(-c2ccccc2Cl)cn2cc(C(=O)N3CCC(F)CC3)nc2c1=O. The maximum atomic E-state index is 13.4. The summed E-state index contributed by atoms with van der Waals surface area (Å²) >= 11 is 6.35. The van der Waals surface area contributed by atoms with E-state index in [0.29, 0.717) is 42.2 Å². The molecule has 0 unspecified atom stereocenters. The molecule has 2 aromatic heterocycles. The van der Waals surface area contributed by atoms with Crippen LogP contribution in [0.3, 0.4) is 0 Å². The number of fused-ring (bicyclic) bond motifs is 1. The Morgan fingerprint density at radius 3 is 2.69 bits per heavy atom. The van der Waals surface area contributed by atoms with Gasteiger partial charge in [-0.05, 0) is 18.9 Å². The molecule has 1 amide bonds. The summed E-state index contributed by atoms with van der Waals surface area (Å²) in [5, 5.41) is 0.509. The van der Waals surface area contributed by atoms with Crippen LogP contribution in [-0.2, 0) is 6.54 Å². The van der Waals surface area contributed by atoms with Gasteiger partial charge >= 0.3 is 0 Å². The lowest BCUT2D eigenvalue weighted by Gasteiger charge is -2.27. The van der Waals surface area contributed by atoms with Gasteiger partial charge in [0.2, 0.25) is 5.65 Å². The molecule has 0 radical (unpaired) electrons. The Labute approximate surface area is 171 Å². The van der Waals surface area contributed by atoms with Gasteiger partial charge in [0.05, 0.1) is 5.69 Å². The van der Waals surface area contributed by atoms with Crippen LogP contribution in [-0.4, -0.2) is 44.0 Å². The quantitative estimate of drug-likeness (QED) is 0.613. The van der Waals surface area contributed by atoms with Crippen LogP contribution in [0.25, 0.3) is 16.9 Å². The van der Waals surface area contributed by atoms with Crippen molar-refractivity contribution >= 4 is 23.2 Å². The number of alkyl halides is 1. The molecule has 0 saturated carbocycles. The highest BCUT2D eigenvalue weighted by Gasteiger charge is 2.25. The molecular formula is C21H20ClFN4O2. The second-order valence-corrected chi connectivity index (χ2v) is 7.43. The van der Waals surface area contributed by atoms with Crippen molar-refractivity contribution in [2.45, 2.75) is 25.6 Å². The first-order valence-electron chi connectivity index (χ1n) is 9.41. The molecule has 1 fully saturated rings. The number of rotatable bonds is 4. The molecule has 3 aromatic rings. The molecule has 150 valence electrons. The first kappa shape index (κ1) is 19.4. The first-order valence-corrected chi connectivity index (χ1v) is 9.79. The molecule has 6 nitrogen and oxygen atoms in total. The zero-order valence-corrected chi connectivity index (χ0v) is 16.5. The van der Waals surface area contributed by atoms with Gasteiger partial charge in [-0.15, -0.1) is 6.58 Å². The van der Waals surface area contributed by atoms with Crippen molar-refractivity contribution in [1.29, 1.82) is 0 Å².